The van der Waals surface area contributed by atoms with Crippen LogP contribution in [0.4, 0.5) is 0 Å². The molecule has 17 nitrogen and oxygen atoms in total. The van der Waals surface area contributed by atoms with Crippen molar-refractivity contribution in [3.05, 3.63) is 0 Å². The van der Waals surface area contributed by atoms with Crippen molar-refractivity contribution in [3.8, 4) is 0 Å². The van der Waals surface area contributed by atoms with Gasteiger partial charge in [-0.05, 0) is 62.3 Å². The number of carbonyl (C=O) groups is 2. The molecular formula is C37H62O17S6. The van der Waals surface area contributed by atoms with Crippen LogP contribution in [0.5, 0.6) is 0 Å². The Balaban J connectivity index is 0.000000233. The van der Waals surface area contributed by atoms with Crippen LogP contribution in [0.25, 0.3) is 0 Å². The van der Waals surface area contributed by atoms with Crippen LogP contribution >= 0.6 is 0 Å². The normalized spacial score (nSPS) is 45.1. The van der Waals surface area contributed by atoms with Gasteiger partial charge in [-0.15, -0.1) is 0 Å². The van der Waals surface area contributed by atoms with Crippen molar-refractivity contribution in [1.29, 1.82) is 0 Å². The molecule has 6 fully saturated rings. The number of esters is 2. The summed E-state index contributed by atoms with van der Waals surface area (Å²) in [6.07, 6.45) is -12.2. The number of fused-ring (bicyclic) bond motifs is 2. The van der Waals surface area contributed by atoms with E-state index in [4.69, 9.17) is 56.8 Å². The van der Waals surface area contributed by atoms with E-state index in [1.807, 2.05) is 48.5 Å². The largest absolute Gasteiger partial charge is 0.457 e. The van der Waals surface area contributed by atoms with Crippen molar-refractivity contribution in [2.24, 2.45) is 11.8 Å². The highest BCUT2D eigenvalue weighted by atomic mass is 33.3. The SMILES string of the molecule is CC(=O)O[C@H]1C(C)OC(O)C(O)[C@@H]1O[C@@H]1OC(C)[C@H](C)[C@@H]2OC(C)(C)OC12.CC(=O)O[C@H]1C(C)O[C@@H](C)C(O)[C@@H]1O[C@@H]1OC(C)[C@H](C)[C@@H]2OC(C)(C)OC12.S=S=S=S=S=S. The molecule has 0 radical (unpaired) electrons. The summed E-state index contributed by atoms with van der Waals surface area (Å²) in [5, 5.41) is 31.0. The molecule has 6 aliphatic heterocycles. The minimum absolute atomic E-state index is 0.0741. The topological polar surface area (TPSA) is 206 Å². The lowest BCUT2D eigenvalue weighted by Crippen LogP contribution is -2.62. The molecule has 0 aliphatic carbocycles. The van der Waals surface area contributed by atoms with Crippen LogP contribution < -0.4 is 0 Å². The van der Waals surface area contributed by atoms with E-state index >= 15 is 0 Å². The minimum Gasteiger partial charge on any atom is -0.457 e. The summed E-state index contributed by atoms with van der Waals surface area (Å²) in [6, 6.07) is 0. The Morgan fingerprint density at radius 3 is 1.27 bits per heavy atom. The Labute approximate surface area is 373 Å². The van der Waals surface area contributed by atoms with Gasteiger partial charge in [-0.3, -0.25) is 9.59 Å². The molecule has 60 heavy (non-hydrogen) atoms. The van der Waals surface area contributed by atoms with E-state index in [0.717, 1.165) is 0 Å². The molecule has 0 bridgehead atoms. The average molecular weight is 971 g/mol. The summed E-state index contributed by atoms with van der Waals surface area (Å²) in [5.41, 5.74) is 0. The van der Waals surface area contributed by atoms with Gasteiger partial charge in [-0.2, -0.15) is 0 Å². The van der Waals surface area contributed by atoms with Crippen molar-refractivity contribution in [3.63, 3.8) is 0 Å². The van der Waals surface area contributed by atoms with Gasteiger partial charge in [0.15, 0.2) is 42.7 Å². The maximum absolute atomic E-state index is 11.6. The van der Waals surface area contributed by atoms with E-state index in [1.54, 1.807) is 20.8 Å². The first-order chi connectivity index (χ1) is 27.9. The van der Waals surface area contributed by atoms with Gasteiger partial charge in [0.1, 0.15) is 36.6 Å². The maximum atomic E-state index is 11.6. The molecule has 0 aromatic rings. The molecule has 0 aromatic carbocycles. The lowest BCUT2D eigenvalue weighted by Gasteiger charge is -2.46. The monoisotopic (exact) mass is 970 g/mol. The smallest absolute Gasteiger partial charge is 0.303 e. The standard InChI is InChI=1S/C19H32O8.C18H30O9.S6/c1-8-9(2)23-18(17-14(8)26-19(6,7)27-17)25-16-13(21)10(3)22-11(4)15(16)24-12(5)20;1-7-8(2)23-17(15-12(7)26-18(5,6)27-15)25-14-11(20)16(21)22-9(3)13(14)24-10(4)19;1-3-5-6-4-2/h8-11,13-18,21H,1-7H3;7-9,11-17,20-21H,1-6H3;/t8-,9?,10-,11?,13?,14-,15-,16-,17?,18-;7-,8?,9?,11?,12-,13-,14-,15?,16?,17-;/m00./s1. The molecule has 20 atom stereocenters. The van der Waals surface area contributed by atoms with Crippen LogP contribution in [-0.2, 0) is 124 Å². The third-order valence-electron chi connectivity index (χ3n) is 11.2. The first-order valence-corrected chi connectivity index (χ1v) is 26.5. The average Bonchev–Trinajstić information content (AvgIpc) is 3.67. The maximum Gasteiger partial charge on any atom is 0.303 e. The molecular weight excluding hydrogens is 909 g/mol. The number of hydrogen-bond donors (Lipinski definition) is 3. The molecule has 3 N–H and O–H groups in total. The first-order valence-electron chi connectivity index (χ1n) is 19.9. The second-order valence-corrected chi connectivity index (χ2v) is 23.7. The minimum atomic E-state index is -1.47. The summed E-state index contributed by atoms with van der Waals surface area (Å²) >= 11 is 9.03. The fraction of sp³-hybridized carbons (Fsp3) is 0.946. The van der Waals surface area contributed by atoms with Crippen LogP contribution in [0.3, 0.4) is 0 Å². The summed E-state index contributed by atoms with van der Waals surface area (Å²) in [5.74, 6) is -2.35. The van der Waals surface area contributed by atoms with Crippen molar-refractivity contribution in [2.45, 2.75) is 212 Å². The number of aliphatic hydroxyl groups is 3. The second kappa shape index (κ2) is 22.3. The van der Waals surface area contributed by atoms with E-state index in [1.165, 1.54) is 49.4 Å². The van der Waals surface area contributed by atoms with E-state index in [-0.39, 0.29) is 36.3 Å². The van der Waals surface area contributed by atoms with Gasteiger partial charge in [-0.1, -0.05) is 13.8 Å². The Hall–Kier alpha value is -0.260. The van der Waals surface area contributed by atoms with E-state index in [2.05, 4.69) is 29.3 Å². The van der Waals surface area contributed by atoms with Crippen LogP contribution in [-0.4, -0.2) is 149 Å². The number of carbonyl (C=O) groups excluding carboxylic acids is 2. The summed E-state index contributed by atoms with van der Waals surface area (Å²) in [6.45, 7) is 23.0. The molecule has 23 heteroatoms. The lowest BCUT2D eigenvalue weighted by atomic mass is 9.91. The fourth-order valence-corrected chi connectivity index (χ4v) is 13.5. The van der Waals surface area contributed by atoms with Gasteiger partial charge in [-0.25, -0.2) is 0 Å². The molecule has 6 saturated heterocycles. The van der Waals surface area contributed by atoms with Crippen LogP contribution in [0, 0.1) is 11.8 Å². The number of aliphatic hydroxyl groups excluding tert-OH is 3. The highest BCUT2D eigenvalue weighted by Gasteiger charge is 2.57. The van der Waals surface area contributed by atoms with E-state index in [0.29, 0.717) is 0 Å². The first kappa shape index (κ1) is 52.4. The molecule has 0 saturated carbocycles. The molecule has 9 unspecified atom stereocenters. The Morgan fingerprint density at radius 2 is 0.883 bits per heavy atom. The summed E-state index contributed by atoms with van der Waals surface area (Å²) < 4.78 is 70.0. The molecule has 0 spiro atoms. The van der Waals surface area contributed by atoms with Gasteiger partial charge >= 0.3 is 11.9 Å². The molecule has 0 aromatic heterocycles. The van der Waals surface area contributed by atoms with Crippen molar-refractivity contribution < 1.29 is 81.8 Å². The van der Waals surface area contributed by atoms with Crippen LogP contribution in [0.15, 0.2) is 0 Å². The third-order valence-corrected chi connectivity index (χ3v) is 17.8. The molecule has 6 aliphatic rings. The molecule has 0 amide bonds. The highest BCUT2D eigenvalue weighted by molar-refractivity contribution is 8.64. The van der Waals surface area contributed by atoms with Gasteiger partial charge in [0.2, 0.25) is 0 Å². The van der Waals surface area contributed by atoms with Crippen molar-refractivity contribution >= 4 is 69.8 Å². The second-order valence-electron chi connectivity index (χ2n) is 16.6. The summed E-state index contributed by atoms with van der Waals surface area (Å²) in [7, 11) is 5.63. The van der Waals surface area contributed by atoms with Gasteiger partial charge in [0, 0.05) is 83.6 Å². The third kappa shape index (κ3) is 13.2. The van der Waals surface area contributed by atoms with E-state index in [9.17, 15) is 24.9 Å². The Kier molecular flexibility index (Phi) is 19.5. The number of ether oxygens (including phenoxy) is 12. The predicted octanol–water partition coefficient (Wildman–Crippen LogP) is 1.66. The quantitative estimate of drug-likeness (QED) is 0.324. The van der Waals surface area contributed by atoms with E-state index < -0.39 is 110 Å². The number of hydrogen-bond acceptors (Lipinski definition) is 19. The van der Waals surface area contributed by atoms with Crippen LogP contribution in [0.1, 0.15) is 90.0 Å². The zero-order valence-electron chi connectivity index (χ0n) is 36.1. The number of rotatable bonds is 6. The van der Waals surface area contributed by atoms with Crippen molar-refractivity contribution in [1.82, 2.24) is 0 Å². The molecule has 348 valence electrons. The zero-order valence-corrected chi connectivity index (χ0v) is 41.0. The molecule has 6 rings (SSSR count). The zero-order chi connectivity index (χ0) is 45.0. The summed E-state index contributed by atoms with van der Waals surface area (Å²) in [4.78, 5) is 23.0. The van der Waals surface area contributed by atoms with Crippen molar-refractivity contribution in [2.75, 3.05) is 0 Å². The van der Waals surface area contributed by atoms with Gasteiger partial charge < -0.3 is 72.2 Å². The lowest BCUT2D eigenvalue weighted by molar-refractivity contribution is -0.339. The Morgan fingerprint density at radius 1 is 0.517 bits per heavy atom. The predicted molar refractivity (Wildman–Crippen MR) is 228 cm³/mol. The van der Waals surface area contributed by atoms with Gasteiger partial charge in [0.25, 0.3) is 0 Å². The van der Waals surface area contributed by atoms with Gasteiger partial charge in [0.05, 0.1) is 42.7 Å². The molecule has 6 heterocycles. The highest BCUT2D eigenvalue weighted by Crippen LogP contribution is 2.43. The Bertz CT molecular complexity index is 1520. The fourth-order valence-electron chi connectivity index (χ4n) is 8.03. The van der Waals surface area contributed by atoms with Crippen LogP contribution in [0.2, 0.25) is 0 Å².